The third kappa shape index (κ3) is 16.3. The molecule has 0 spiro atoms. The van der Waals surface area contributed by atoms with Crippen LogP contribution in [0.4, 0.5) is 17.8 Å². The molecule has 6 fully saturated rings. The average Bonchev–Trinajstić information content (AvgIpc) is 0.773. The molecule has 6 aliphatic heterocycles. The van der Waals surface area contributed by atoms with Crippen LogP contribution in [-0.4, -0.2) is 213 Å². The highest BCUT2D eigenvalue weighted by Gasteiger charge is 2.40. The van der Waals surface area contributed by atoms with E-state index in [0.29, 0.717) is 75.3 Å². The summed E-state index contributed by atoms with van der Waals surface area (Å²) >= 11 is 0. The maximum absolute atomic E-state index is 13.0. The summed E-state index contributed by atoms with van der Waals surface area (Å²) in [5.74, 6) is 2.30. The molecule has 12 heterocycles. The highest BCUT2D eigenvalue weighted by molar-refractivity contribution is 5.94. The number of piperazine rings is 3. The molecule has 0 bridgehead atoms. The number of likely N-dealkylation sites (tertiary alicyclic amines) is 3. The second-order valence-electron chi connectivity index (χ2n) is 30.1. The molecule has 6 aromatic heterocycles. The van der Waals surface area contributed by atoms with Gasteiger partial charge in [0, 0.05) is 166 Å². The molecule has 1 amide bonds. The van der Waals surface area contributed by atoms with Crippen LogP contribution in [0.2, 0.25) is 0 Å². The van der Waals surface area contributed by atoms with Crippen molar-refractivity contribution in [1.82, 2.24) is 73.0 Å². The molecular formula is C82H108N18O4. The van der Waals surface area contributed by atoms with Crippen LogP contribution < -0.4 is 31.4 Å². The number of fused-ring (bicyclic) bond motifs is 3. The third-order valence-corrected chi connectivity index (χ3v) is 23.3. The van der Waals surface area contributed by atoms with Gasteiger partial charge in [-0.2, -0.15) is 15.0 Å². The molecule has 0 unspecified atom stereocenters. The first-order valence-corrected chi connectivity index (χ1v) is 38.3. The minimum Gasteiger partial charge on any atom is -0.339 e. The van der Waals surface area contributed by atoms with E-state index in [-0.39, 0.29) is 28.6 Å². The fourth-order valence-corrected chi connectivity index (χ4v) is 17.1. The molecule has 22 heteroatoms. The van der Waals surface area contributed by atoms with Crippen molar-refractivity contribution in [3.63, 3.8) is 0 Å². The van der Waals surface area contributed by atoms with E-state index in [1.807, 2.05) is 50.2 Å². The van der Waals surface area contributed by atoms with Gasteiger partial charge in [-0.05, 0) is 171 Å². The van der Waals surface area contributed by atoms with Gasteiger partial charge in [0.25, 0.3) is 22.6 Å². The van der Waals surface area contributed by atoms with Crippen molar-refractivity contribution in [2.24, 2.45) is 21.1 Å². The van der Waals surface area contributed by atoms with E-state index in [1.165, 1.54) is 53.5 Å². The maximum atomic E-state index is 13.0. The number of rotatable bonds is 14. The summed E-state index contributed by atoms with van der Waals surface area (Å²) in [7, 11) is 5.46. The van der Waals surface area contributed by atoms with Gasteiger partial charge in [0.15, 0.2) is 16.9 Å². The minimum atomic E-state index is -0.0589. The lowest BCUT2D eigenvalue weighted by molar-refractivity contribution is 0.0432. The van der Waals surface area contributed by atoms with Crippen LogP contribution in [0.3, 0.4) is 0 Å². The largest absolute Gasteiger partial charge is 0.339 e. The lowest BCUT2D eigenvalue weighted by atomic mass is 9.96. The molecule has 104 heavy (non-hydrogen) atoms. The summed E-state index contributed by atoms with van der Waals surface area (Å²) in [6.45, 7) is 30.9. The summed E-state index contributed by atoms with van der Waals surface area (Å²) < 4.78 is 5.05. The van der Waals surface area contributed by atoms with Gasteiger partial charge in [-0.1, -0.05) is 98.1 Å². The number of aromatic nitrogens is 9. The Hall–Kier alpha value is -8.80. The zero-order chi connectivity index (χ0) is 72.7. The molecule has 15 rings (SSSR count). The number of pyridine rings is 3. The van der Waals surface area contributed by atoms with Crippen molar-refractivity contribution in [2.45, 2.75) is 162 Å². The third-order valence-electron chi connectivity index (χ3n) is 23.3. The second kappa shape index (κ2) is 33.1. The van der Waals surface area contributed by atoms with Gasteiger partial charge in [-0.3, -0.25) is 57.4 Å². The molecule has 4 atom stereocenters. The van der Waals surface area contributed by atoms with Gasteiger partial charge in [0.2, 0.25) is 17.8 Å². The zero-order valence-electron chi connectivity index (χ0n) is 63.0. The molecule has 22 nitrogen and oxygen atoms in total. The first kappa shape index (κ1) is 73.5. The molecule has 550 valence electrons. The number of aryl methyl sites for hydroxylation is 3. The number of piperidine rings is 3. The van der Waals surface area contributed by atoms with Crippen LogP contribution in [0.15, 0.2) is 142 Å². The standard InChI is InChI=1S/C28H36N6O2.2C27H36N6O/c1-5-22-18-33(28-30-25-24(7-6-14-29-25)27(36)31(28)4)20(3)17-34(22)23-12-15-32(16-13-23)26(35)21-10-8-19(2)9-11-21;2*1-4-22-19-32(27-29-25-24(6-5-13-28-25)26(34)30(27)3)16-17-33(22)23-11-14-31(15-12-23)18-21-9-7-20(2)8-10-21/h6-11,14,20,22-23H,5,12-13,15-18H2,1-4H3;2*5-10,13,22-23H,4,11-12,14-19H2,1-3H3/t20-,22+;2*22-/m100/s1. The summed E-state index contributed by atoms with van der Waals surface area (Å²) in [5.41, 5.74) is 8.88. The van der Waals surface area contributed by atoms with Crippen LogP contribution in [0, 0.1) is 20.8 Å². The van der Waals surface area contributed by atoms with Gasteiger partial charge < -0.3 is 19.6 Å². The Morgan fingerprint density at radius 3 is 1.17 bits per heavy atom. The number of hydrogen-bond acceptors (Lipinski definition) is 18. The van der Waals surface area contributed by atoms with Crippen LogP contribution in [0.5, 0.6) is 0 Å². The predicted molar refractivity (Wildman–Crippen MR) is 417 cm³/mol. The van der Waals surface area contributed by atoms with E-state index in [1.54, 1.807) is 75.7 Å². The second-order valence-corrected chi connectivity index (χ2v) is 30.1. The van der Waals surface area contributed by atoms with Crippen molar-refractivity contribution < 1.29 is 4.79 Å². The number of amides is 1. The molecule has 3 aromatic carbocycles. The molecule has 0 radical (unpaired) electrons. The number of carbonyl (C=O) groups is 1. The van der Waals surface area contributed by atoms with Crippen LogP contribution >= 0.6 is 0 Å². The minimum absolute atomic E-state index is 0.0236. The smallest absolute Gasteiger partial charge is 0.264 e. The number of hydrogen-bond donors (Lipinski definition) is 0. The monoisotopic (exact) mass is 1410 g/mol. The molecular weight excluding hydrogens is 1300 g/mol. The quantitative estimate of drug-likeness (QED) is 0.0999. The van der Waals surface area contributed by atoms with Crippen molar-refractivity contribution >= 4 is 56.9 Å². The Morgan fingerprint density at radius 1 is 0.413 bits per heavy atom. The Balaban J connectivity index is 0.000000139. The SMILES string of the molecule is CC[C@H]1CN(c2nc3ncccc3c(=O)n2C)CCN1C1CCN(Cc2ccc(C)cc2)CC1.CC[C@H]1CN(c2nc3ncccc3c(=O)n2C)CCN1C1CCN(Cc2ccc(C)cc2)CC1.CC[C@H]1CN(c2nc3ncccc3c(=O)n2C)[C@H](C)CN1C1CCN(C(=O)c2ccc(C)cc2)CC1. The van der Waals surface area contributed by atoms with Gasteiger partial charge in [0.05, 0.1) is 16.2 Å². The zero-order valence-corrected chi connectivity index (χ0v) is 63.0. The van der Waals surface area contributed by atoms with E-state index in [2.05, 4.69) is 144 Å². The van der Waals surface area contributed by atoms with Crippen LogP contribution in [-0.2, 0) is 34.2 Å². The maximum Gasteiger partial charge on any atom is 0.264 e. The Labute approximate surface area is 613 Å². The highest BCUT2D eigenvalue weighted by Crippen LogP contribution is 2.32. The first-order chi connectivity index (χ1) is 50.4. The summed E-state index contributed by atoms with van der Waals surface area (Å²) in [6.07, 6.45) is 15.2. The number of anilines is 3. The van der Waals surface area contributed by atoms with Crippen molar-refractivity contribution in [3.05, 3.63) is 192 Å². The Bertz CT molecular complexity index is 4390. The highest BCUT2D eigenvalue weighted by atomic mass is 16.2. The predicted octanol–water partition coefficient (Wildman–Crippen LogP) is 9.64. The van der Waals surface area contributed by atoms with Gasteiger partial charge in [0.1, 0.15) is 0 Å². The van der Waals surface area contributed by atoms with Gasteiger partial charge >= 0.3 is 0 Å². The van der Waals surface area contributed by atoms with E-state index in [9.17, 15) is 19.2 Å². The number of nitrogens with zero attached hydrogens (tertiary/aromatic N) is 18. The molecule has 6 aliphatic rings. The molecule has 9 aromatic rings. The Kier molecular flexibility index (Phi) is 23.4. The van der Waals surface area contributed by atoms with Crippen molar-refractivity contribution in [2.75, 3.05) is 106 Å². The van der Waals surface area contributed by atoms with E-state index in [0.717, 1.165) is 154 Å². The molecule has 6 saturated heterocycles. The van der Waals surface area contributed by atoms with Crippen LogP contribution in [0.1, 0.15) is 124 Å². The van der Waals surface area contributed by atoms with E-state index < -0.39 is 0 Å². The normalized spacial score (nSPS) is 21.1. The fourth-order valence-electron chi connectivity index (χ4n) is 17.1. The van der Waals surface area contributed by atoms with Crippen molar-refractivity contribution in [1.29, 1.82) is 0 Å². The molecule has 0 aliphatic carbocycles. The summed E-state index contributed by atoms with van der Waals surface area (Å²) in [4.78, 5) is 101. The average molecular weight is 1410 g/mol. The topological polar surface area (TPSA) is 190 Å². The fraction of sp³-hybridized carbons (Fsp3) is 0.512. The first-order valence-electron chi connectivity index (χ1n) is 38.3. The van der Waals surface area contributed by atoms with Gasteiger partial charge in [-0.15, -0.1) is 0 Å². The van der Waals surface area contributed by atoms with Crippen molar-refractivity contribution in [3.8, 4) is 0 Å². The number of benzene rings is 3. The lowest BCUT2D eigenvalue weighted by Crippen LogP contribution is -2.62. The molecule has 0 N–H and O–H groups in total. The summed E-state index contributed by atoms with van der Waals surface area (Å²) in [5, 5.41) is 1.71. The van der Waals surface area contributed by atoms with Crippen LogP contribution in [0.25, 0.3) is 33.1 Å². The number of carbonyl (C=O) groups excluding carboxylic acids is 1. The van der Waals surface area contributed by atoms with Gasteiger partial charge in [-0.25, -0.2) is 15.0 Å². The van der Waals surface area contributed by atoms with E-state index in [4.69, 9.17) is 15.0 Å². The van der Waals surface area contributed by atoms with E-state index >= 15 is 0 Å². The Morgan fingerprint density at radius 2 is 0.769 bits per heavy atom. The summed E-state index contributed by atoms with van der Waals surface area (Å²) in [6, 6.07) is 39.8. The lowest BCUT2D eigenvalue weighted by Gasteiger charge is -2.50. The molecule has 0 saturated carbocycles.